The maximum Gasteiger partial charge on any atom is 0.417 e. The summed E-state index contributed by atoms with van der Waals surface area (Å²) < 4.78 is 72.8. The molecule has 0 saturated carbocycles. The number of alkyl halides is 3. The topological polar surface area (TPSA) is 0 Å². The van der Waals surface area contributed by atoms with Crippen molar-refractivity contribution in [3.8, 4) is 0 Å². The van der Waals surface area contributed by atoms with Crippen LogP contribution in [0.2, 0.25) is 0 Å². The first kappa shape index (κ1) is 11.6. The molecule has 0 aliphatic heterocycles. The maximum atomic E-state index is 12.7. The predicted octanol–water partition coefficient (Wildman–Crippen LogP) is 3.73. The standard InChI is InChI=1S/C7HF6I/c8-3-1-2(7(11,12)13)6(14)5(10)4(3)9/h1H. The molecular weight excluding hydrogens is 325 g/mol. The third-order valence-electron chi connectivity index (χ3n) is 1.41. The highest BCUT2D eigenvalue weighted by Gasteiger charge is 2.36. The van der Waals surface area contributed by atoms with Gasteiger partial charge in [0.05, 0.1) is 9.13 Å². The van der Waals surface area contributed by atoms with Gasteiger partial charge in [-0.2, -0.15) is 13.2 Å². The van der Waals surface area contributed by atoms with Gasteiger partial charge >= 0.3 is 6.18 Å². The molecule has 0 bridgehead atoms. The first-order chi connectivity index (χ1) is 6.25. The number of benzene rings is 1. The second kappa shape index (κ2) is 3.59. The Bertz CT molecular complexity index is 369. The van der Waals surface area contributed by atoms with Crippen molar-refractivity contribution in [2.75, 3.05) is 0 Å². The first-order valence-corrected chi connectivity index (χ1v) is 4.23. The van der Waals surface area contributed by atoms with E-state index in [4.69, 9.17) is 0 Å². The fourth-order valence-corrected chi connectivity index (χ4v) is 1.48. The fourth-order valence-electron chi connectivity index (χ4n) is 0.779. The van der Waals surface area contributed by atoms with Gasteiger partial charge in [0.2, 0.25) is 0 Å². The average molecular weight is 326 g/mol. The predicted molar refractivity (Wildman–Crippen MR) is 44.0 cm³/mol. The molecule has 0 saturated heterocycles. The smallest absolute Gasteiger partial charge is 0.204 e. The molecule has 1 aromatic carbocycles. The van der Waals surface area contributed by atoms with E-state index in [0.717, 1.165) is 22.6 Å². The normalized spacial score (nSPS) is 11.9. The Morgan fingerprint density at radius 3 is 1.93 bits per heavy atom. The second-order valence-electron chi connectivity index (χ2n) is 2.35. The van der Waals surface area contributed by atoms with Crippen molar-refractivity contribution in [2.45, 2.75) is 6.18 Å². The summed E-state index contributed by atoms with van der Waals surface area (Å²) in [4.78, 5) is 0. The maximum absolute atomic E-state index is 12.7. The van der Waals surface area contributed by atoms with Crippen LogP contribution < -0.4 is 0 Å². The zero-order valence-corrected chi connectivity index (χ0v) is 8.38. The molecule has 0 unspecified atom stereocenters. The van der Waals surface area contributed by atoms with E-state index in [-0.39, 0.29) is 6.07 Å². The molecule has 7 heteroatoms. The van der Waals surface area contributed by atoms with Crippen LogP contribution in [0, 0.1) is 21.0 Å². The van der Waals surface area contributed by atoms with E-state index < -0.39 is 32.8 Å². The van der Waals surface area contributed by atoms with Crippen molar-refractivity contribution in [1.82, 2.24) is 0 Å². The van der Waals surface area contributed by atoms with Gasteiger partial charge in [0.1, 0.15) is 0 Å². The highest BCUT2D eigenvalue weighted by molar-refractivity contribution is 14.1. The van der Waals surface area contributed by atoms with E-state index in [1.54, 1.807) is 0 Å². The van der Waals surface area contributed by atoms with Crippen LogP contribution in [-0.2, 0) is 6.18 Å². The largest absolute Gasteiger partial charge is 0.417 e. The third-order valence-corrected chi connectivity index (χ3v) is 2.46. The summed E-state index contributed by atoms with van der Waals surface area (Å²) in [6.45, 7) is 0. The molecule has 1 rings (SSSR count). The Morgan fingerprint density at radius 2 is 1.50 bits per heavy atom. The molecule has 0 N–H and O–H groups in total. The Kier molecular flexibility index (Phi) is 2.98. The number of halogens is 7. The summed E-state index contributed by atoms with van der Waals surface area (Å²) in [6.07, 6.45) is -4.90. The Balaban J connectivity index is 3.49. The van der Waals surface area contributed by atoms with E-state index in [1.165, 1.54) is 0 Å². The summed E-state index contributed by atoms with van der Waals surface area (Å²) in [5.41, 5.74) is -1.52. The van der Waals surface area contributed by atoms with Gasteiger partial charge in [0, 0.05) is 0 Å². The number of hydrogen-bond donors (Lipinski definition) is 0. The molecule has 0 radical (unpaired) electrons. The molecule has 1 aromatic rings. The highest BCUT2D eigenvalue weighted by Crippen LogP contribution is 2.35. The van der Waals surface area contributed by atoms with E-state index in [9.17, 15) is 26.3 Å². The van der Waals surface area contributed by atoms with E-state index in [2.05, 4.69) is 0 Å². The van der Waals surface area contributed by atoms with Crippen LogP contribution in [-0.4, -0.2) is 0 Å². The van der Waals surface area contributed by atoms with Crippen LogP contribution in [0.25, 0.3) is 0 Å². The van der Waals surface area contributed by atoms with Gasteiger partial charge < -0.3 is 0 Å². The lowest BCUT2D eigenvalue weighted by atomic mass is 10.2. The molecule has 0 aliphatic carbocycles. The summed E-state index contributed by atoms with van der Waals surface area (Å²) in [5, 5.41) is 0. The first-order valence-electron chi connectivity index (χ1n) is 3.15. The Morgan fingerprint density at radius 1 is 1.00 bits per heavy atom. The average Bonchev–Trinajstić information content (AvgIpc) is 2.06. The molecule has 14 heavy (non-hydrogen) atoms. The Labute approximate surface area is 88.1 Å². The molecule has 0 amide bonds. The molecule has 0 spiro atoms. The monoisotopic (exact) mass is 326 g/mol. The van der Waals surface area contributed by atoms with Crippen molar-refractivity contribution in [2.24, 2.45) is 0 Å². The van der Waals surface area contributed by atoms with Crippen molar-refractivity contribution in [3.05, 3.63) is 32.7 Å². The molecule has 0 aromatic heterocycles. The van der Waals surface area contributed by atoms with Gasteiger partial charge in [-0.15, -0.1) is 0 Å². The van der Waals surface area contributed by atoms with Crippen LogP contribution in [0.5, 0.6) is 0 Å². The van der Waals surface area contributed by atoms with Crippen molar-refractivity contribution in [3.63, 3.8) is 0 Å². The number of hydrogen-bond acceptors (Lipinski definition) is 0. The van der Waals surface area contributed by atoms with Gasteiger partial charge in [-0.05, 0) is 28.7 Å². The van der Waals surface area contributed by atoms with E-state index in [0.29, 0.717) is 0 Å². The van der Waals surface area contributed by atoms with Crippen LogP contribution in [0.1, 0.15) is 5.56 Å². The number of rotatable bonds is 0. The Hall–Kier alpha value is -0.470. The minimum Gasteiger partial charge on any atom is -0.204 e. The summed E-state index contributed by atoms with van der Waals surface area (Å²) in [7, 11) is 0. The van der Waals surface area contributed by atoms with Gasteiger partial charge in [-0.3, -0.25) is 0 Å². The van der Waals surface area contributed by atoms with Crippen LogP contribution >= 0.6 is 22.6 Å². The van der Waals surface area contributed by atoms with Crippen molar-refractivity contribution in [1.29, 1.82) is 0 Å². The van der Waals surface area contributed by atoms with E-state index in [1.807, 2.05) is 0 Å². The van der Waals surface area contributed by atoms with Gasteiger partial charge in [-0.25, -0.2) is 13.2 Å². The van der Waals surface area contributed by atoms with Gasteiger partial charge in [0.15, 0.2) is 17.5 Å². The highest BCUT2D eigenvalue weighted by atomic mass is 127. The lowest BCUT2D eigenvalue weighted by molar-refractivity contribution is -0.138. The zero-order valence-electron chi connectivity index (χ0n) is 6.22. The summed E-state index contributed by atoms with van der Waals surface area (Å²) in [5.74, 6) is -5.57. The molecule has 0 aliphatic rings. The minimum absolute atomic E-state index is 0.0693. The summed E-state index contributed by atoms with van der Waals surface area (Å²) in [6, 6.07) is -0.0693. The van der Waals surface area contributed by atoms with E-state index >= 15 is 0 Å². The van der Waals surface area contributed by atoms with Gasteiger partial charge in [0.25, 0.3) is 0 Å². The third kappa shape index (κ3) is 1.96. The van der Waals surface area contributed by atoms with Crippen molar-refractivity contribution < 1.29 is 26.3 Å². The molecule has 0 nitrogen and oxygen atoms in total. The van der Waals surface area contributed by atoms with Gasteiger partial charge in [-0.1, -0.05) is 0 Å². The fraction of sp³-hybridized carbons (Fsp3) is 0.143. The molecule has 78 valence electrons. The minimum atomic E-state index is -4.90. The van der Waals surface area contributed by atoms with Crippen molar-refractivity contribution >= 4 is 22.6 Å². The molecule has 0 fully saturated rings. The quantitative estimate of drug-likeness (QED) is 0.295. The molecule has 0 atom stereocenters. The van der Waals surface area contributed by atoms with Crippen LogP contribution in [0.15, 0.2) is 6.07 Å². The van der Waals surface area contributed by atoms with Crippen LogP contribution in [0.4, 0.5) is 26.3 Å². The lowest BCUT2D eigenvalue weighted by Gasteiger charge is -2.10. The van der Waals surface area contributed by atoms with Crippen LogP contribution in [0.3, 0.4) is 0 Å². The second-order valence-corrected chi connectivity index (χ2v) is 3.42. The lowest BCUT2D eigenvalue weighted by Crippen LogP contribution is -2.11. The molecule has 0 heterocycles. The summed E-state index contributed by atoms with van der Waals surface area (Å²) >= 11 is 0.971. The SMILES string of the molecule is Fc1cc(C(F)(F)F)c(I)c(F)c1F. The molecular formula is C7HF6I. The zero-order chi connectivity index (χ0) is 11.1.